The Morgan fingerprint density at radius 3 is 1.78 bits per heavy atom. The SMILES string of the molecule is CCCCCCCC/C=C\CCCCCCCCNC(=O)OC. The molecule has 0 aliphatic rings. The summed E-state index contributed by atoms with van der Waals surface area (Å²) in [7, 11) is 1.40. The van der Waals surface area contributed by atoms with Gasteiger partial charge in [0.25, 0.3) is 0 Å². The molecule has 23 heavy (non-hydrogen) atoms. The average Bonchev–Trinajstić information content (AvgIpc) is 2.57. The fraction of sp³-hybridized carbons (Fsp3) is 0.850. The van der Waals surface area contributed by atoms with Crippen LogP contribution in [0.3, 0.4) is 0 Å². The number of hydrogen-bond acceptors (Lipinski definition) is 2. The van der Waals surface area contributed by atoms with Crippen LogP contribution in [0.2, 0.25) is 0 Å². The molecule has 0 saturated heterocycles. The van der Waals surface area contributed by atoms with Crippen LogP contribution < -0.4 is 5.32 Å². The van der Waals surface area contributed by atoms with Crippen molar-refractivity contribution in [2.24, 2.45) is 0 Å². The zero-order chi connectivity index (χ0) is 17.0. The monoisotopic (exact) mass is 325 g/mol. The van der Waals surface area contributed by atoms with Gasteiger partial charge in [-0.1, -0.05) is 76.9 Å². The molecule has 3 nitrogen and oxygen atoms in total. The molecular weight excluding hydrogens is 286 g/mol. The Balaban J connectivity index is 3.09. The maximum atomic E-state index is 10.8. The summed E-state index contributed by atoms with van der Waals surface area (Å²) in [5.74, 6) is 0. The lowest BCUT2D eigenvalue weighted by atomic mass is 10.1. The standard InChI is InChI=1S/C20H39NO2/c1-3-4-5-6-7-8-9-10-11-12-13-14-15-16-17-18-19-21-20(22)23-2/h10-11H,3-9,12-19H2,1-2H3,(H,21,22)/b11-10-. The van der Waals surface area contributed by atoms with Crippen LogP contribution >= 0.6 is 0 Å². The van der Waals surface area contributed by atoms with E-state index >= 15 is 0 Å². The normalized spacial score (nSPS) is 11.0. The minimum atomic E-state index is -0.322. The summed E-state index contributed by atoms with van der Waals surface area (Å²) in [5, 5.41) is 2.71. The maximum Gasteiger partial charge on any atom is 0.406 e. The van der Waals surface area contributed by atoms with Gasteiger partial charge in [-0.25, -0.2) is 4.79 Å². The summed E-state index contributed by atoms with van der Waals surface area (Å²) in [5.41, 5.74) is 0. The van der Waals surface area contributed by atoms with Crippen molar-refractivity contribution in [1.82, 2.24) is 5.32 Å². The number of carbonyl (C=O) groups is 1. The first-order chi connectivity index (χ1) is 11.3. The summed E-state index contributed by atoms with van der Waals surface area (Å²) in [6.07, 6.45) is 22.7. The number of unbranched alkanes of at least 4 members (excludes halogenated alkanes) is 12. The Morgan fingerprint density at radius 2 is 1.26 bits per heavy atom. The van der Waals surface area contributed by atoms with Crippen LogP contribution in [0.5, 0.6) is 0 Å². The molecule has 136 valence electrons. The summed E-state index contributed by atoms with van der Waals surface area (Å²) in [4.78, 5) is 10.8. The molecule has 0 bridgehead atoms. The number of nitrogens with one attached hydrogen (secondary N) is 1. The maximum absolute atomic E-state index is 10.8. The van der Waals surface area contributed by atoms with Crippen LogP contribution in [0.25, 0.3) is 0 Å². The average molecular weight is 326 g/mol. The van der Waals surface area contributed by atoms with Gasteiger partial charge in [-0.15, -0.1) is 0 Å². The molecule has 0 radical (unpaired) electrons. The van der Waals surface area contributed by atoms with Gasteiger partial charge in [0.15, 0.2) is 0 Å². The Morgan fingerprint density at radius 1 is 0.783 bits per heavy atom. The van der Waals surface area contributed by atoms with E-state index in [1.54, 1.807) is 0 Å². The van der Waals surface area contributed by atoms with Crippen LogP contribution in [0, 0.1) is 0 Å². The van der Waals surface area contributed by atoms with Crippen molar-refractivity contribution < 1.29 is 9.53 Å². The van der Waals surface area contributed by atoms with Crippen LogP contribution in [0.15, 0.2) is 12.2 Å². The number of amides is 1. The van der Waals surface area contributed by atoms with Gasteiger partial charge in [0.1, 0.15) is 0 Å². The van der Waals surface area contributed by atoms with Gasteiger partial charge in [0.05, 0.1) is 7.11 Å². The minimum Gasteiger partial charge on any atom is -0.453 e. The number of carbonyl (C=O) groups excluding carboxylic acids is 1. The summed E-state index contributed by atoms with van der Waals surface area (Å²) in [6.45, 7) is 3.00. The molecule has 3 heteroatoms. The van der Waals surface area contributed by atoms with E-state index in [1.807, 2.05) is 0 Å². The first-order valence-electron chi connectivity index (χ1n) is 9.78. The van der Waals surface area contributed by atoms with Gasteiger partial charge in [-0.2, -0.15) is 0 Å². The number of ether oxygens (including phenoxy) is 1. The molecule has 0 aromatic carbocycles. The van der Waals surface area contributed by atoms with Crippen molar-refractivity contribution in [3.8, 4) is 0 Å². The highest BCUT2D eigenvalue weighted by molar-refractivity contribution is 5.66. The molecule has 0 spiro atoms. The molecule has 0 aliphatic heterocycles. The number of hydrogen-bond donors (Lipinski definition) is 1. The van der Waals surface area contributed by atoms with Crippen LogP contribution in [0.4, 0.5) is 4.79 Å². The Kier molecular flexibility index (Phi) is 18.2. The third-order valence-corrected chi connectivity index (χ3v) is 4.14. The molecule has 0 unspecified atom stereocenters. The minimum absolute atomic E-state index is 0.322. The quantitative estimate of drug-likeness (QED) is 0.264. The zero-order valence-corrected chi connectivity index (χ0v) is 15.6. The summed E-state index contributed by atoms with van der Waals surface area (Å²) in [6, 6.07) is 0. The second-order valence-electron chi connectivity index (χ2n) is 6.36. The lowest BCUT2D eigenvalue weighted by molar-refractivity contribution is 0.171. The number of allylic oxidation sites excluding steroid dienone is 2. The van der Waals surface area contributed by atoms with Crippen LogP contribution in [0.1, 0.15) is 96.8 Å². The molecule has 0 rings (SSSR count). The predicted molar refractivity (Wildman–Crippen MR) is 99.9 cm³/mol. The van der Waals surface area contributed by atoms with E-state index in [0.717, 1.165) is 13.0 Å². The highest BCUT2D eigenvalue weighted by Gasteiger charge is 1.96. The van der Waals surface area contributed by atoms with Crippen molar-refractivity contribution in [1.29, 1.82) is 0 Å². The number of alkyl carbamates (subject to hydrolysis) is 1. The van der Waals surface area contributed by atoms with Crippen molar-refractivity contribution >= 4 is 6.09 Å². The Bertz CT molecular complexity index is 277. The zero-order valence-electron chi connectivity index (χ0n) is 15.6. The van der Waals surface area contributed by atoms with E-state index in [-0.39, 0.29) is 6.09 Å². The van der Waals surface area contributed by atoms with E-state index < -0.39 is 0 Å². The van der Waals surface area contributed by atoms with Crippen molar-refractivity contribution in [3.05, 3.63) is 12.2 Å². The smallest absolute Gasteiger partial charge is 0.406 e. The van der Waals surface area contributed by atoms with Gasteiger partial charge >= 0.3 is 6.09 Å². The second kappa shape index (κ2) is 19.1. The largest absolute Gasteiger partial charge is 0.453 e. The third-order valence-electron chi connectivity index (χ3n) is 4.14. The van der Waals surface area contributed by atoms with Gasteiger partial charge in [-0.05, 0) is 32.1 Å². The van der Waals surface area contributed by atoms with E-state index in [0.29, 0.717) is 0 Å². The van der Waals surface area contributed by atoms with E-state index in [1.165, 1.54) is 90.6 Å². The summed E-state index contributed by atoms with van der Waals surface area (Å²) >= 11 is 0. The van der Waals surface area contributed by atoms with Gasteiger partial charge in [0, 0.05) is 6.54 Å². The molecule has 0 saturated carbocycles. The lowest BCUT2D eigenvalue weighted by Gasteiger charge is -2.03. The van der Waals surface area contributed by atoms with Gasteiger partial charge < -0.3 is 10.1 Å². The molecule has 0 aliphatic carbocycles. The Hall–Kier alpha value is -0.990. The topological polar surface area (TPSA) is 38.3 Å². The van der Waals surface area contributed by atoms with Gasteiger partial charge in [-0.3, -0.25) is 0 Å². The van der Waals surface area contributed by atoms with Gasteiger partial charge in [0.2, 0.25) is 0 Å². The fourth-order valence-corrected chi connectivity index (χ4v) is 2.64. The van der Waals surface area contributed by atoms with E-state index in [9.17, 15) is 4.79 Å². The fourth-order valence-electron chi connectivity index (χ4n) is 2.64. The third kappa shape index (κ3) is 19.0. The number of rotatable bonds is 16. The first-order valence-corrected chi connectivity index (χ1v) is 9.78. The molecule has 0 aromatic heterocycles. The van der Waals surface area contributed by atoms with Crippen LogP contribution in [-0.4, -0.2) is 19.7 Å². The van der Waals surface area contributed by atoms with Crippen LogP contribution in [-0.2, 0) is 4.74 Å². The number of methoxy groups -OCH3 is 1. The molecule has 0 aromatic rings. The molecule has 1 amide bonds. The van der Waals surface area contributed by atoms with Crippen molar-refractivity contribution in [2.45, 2.75) is 96.8 Å². The highest BCUT2D eigenvalue weighted by atomic mass is 16.5. The second-order valence-corrected chi connectivity index (χ2v) is 6.36. The van der Waals surface area contributed by atoms with E-state index in [2.05, 4.69) is 29.1 Å². The summed E-state index contributed by atoms with van der Waals surface area (Å²) < 4.78 is 4.52. The molecule has 0 atom stereocenters. The molecule has 1 N–H and O–H groups in total. The predicted octanol–water partition coefficient (Wildman–Crippen LogP) is 6.38. The van der Waals surface area contributed by atoms with Crippen molar-refractivity contribution in [3.63, 3.8) is 0 Å². The highest BCUT2D eigenvalue weighted by Crippen LogP contribution is 2.09. The first kappa shape index (κ1) is 22.0. The molecular formula is C20H39NO2. The lowest BCUT2D eigenvalue weighted by Crippen LogP contribution is -2.23. The Labute approximate surface area is 144 Å². The molecule has 0 heterocycles. The van der Waals surface area contributed by atoms with E-state index in [4.69, 9.17) is 0 Å². The van der Waals surface area contributed by atoms with Crippen molar-refractivity contribution in [2.75, 3.05) is 13.7 Å². The molecule has 0 fully saturated rings.